The van der Waals surface area contributed by atoms with Crippen molar-refractivity contribution in [1.82, 2.24) is 14.9 Å². The Balaban J connectivity index is 1.73. The van der Waals surface area contributed by atoms with Crippen molar-refractivity contribution in [1.29, 1.82) is 0 Å². The molecule has 3 aromatic rings. The van der Waals surface area contributed by atoms with E-state index in [2.05, 4.69) is 10.3 Å². The van der Waals surface area contributed by atoms with E-state index in [4.69, 9.17) is 17.0 Å². The molecule has 2 N–H and O–H groups in total. The van der Waals surface area contributed by atoms with Crippen LogP contribution in [0.5, 0.6) is 0 Å². The summed E-state index contributed by atoms with van der Waals surface area (Å²) >= 11 is 5.29. The van der Waals surface area contributed by atoms with E-state index in [1.807, 2.05) is 36.4 Å². The third-order valence-corrected chi connectivity index (χ3v) is 5.05. The highest BCUT2D eigenvalue weighted by molar-refractivity contribution is 7.71. The molecular weight excluding hydrogens is 414 g/mol. The second-order valence-corrected chi connectivity index (χ2v) is 7.84. The predicted molar refractivity (Wildman–Crippen MR) is 121 cm³/mol. The Bertz CT molecular complexity index is 1180. The fraction of sp³-hybridized carbons (Fsp3) is 0.304. The zero-order valence-electron chi connectivity index (χ0n) is 17.5. The molecule has 2 aromatic carbocycles. The van der Waals surface area contributed by atoms with Gasteiger partial charge in [-0.15, -0.1) is 0 Å². The summed E-state index contributed by atoms with van der Waals surface area (Å²) in [5, 5.41) is 3.39. The summed E-state index contributed by atoms with van der Waals surface area (Å²) in [5.74, 6) is -0.682. The molecule has 31 heavy (non-hydrogen) atoms. The number of aromatic nitrogens is 2. The highest BCUT2D eigenvalue weighted by atomic mass is 32.1. The van der Waals surface area contributed by atoms with Crippen molar-refractivity contribution in [3.05, 3.63) is 75.3 Å². The number of rotatable bonds is 8. The monoisotopic (exact) mass is 439 g/mol. The number of nitrogens with zero attached hydrogens (tertiary/aromatic N) is 1. The van der Waals surface area contributed by atoms with Gasteiger partial charge in [0.25, 0.3) is 5.56 Å². The van der Waals surface area contributed by atoms with Gasteiger partial charge < -0.3 is 15.0 Å². The number of hydrogen-bond acceptors (Lipinski definition) is 5. The molecule has 0 aliphatic rings. The molecule has 0 spiro atoms. The van der Waals surface area contributed by atoms with Gasteiger partial charge >= 0.3 is 5.97 Å². The molecule has 0 saturated heterocycles. The minimum atomic E-state index is -0.525. The third kappa shape index (κ3) is 5.88. The normalized spacial score (nSPS) is 12.0. The van der Waals surface area contributed by atoms with Crippen molar-refractivity contribution in [2.45, 2.75) is 45.4 Å². The van der Waals surface area contributed by atoms with Gasteiger partial charge in [-0.25, -0.2) is 0 Å². The predicted octanol–water partition coefficient (Wildman–Crippen LogP) is 3.65. The van der Waals surface area contributed by atoms with Gasteiger partial charge in [0.2, 0.25) is 5.91 Å². The van der Waals surface area contributed by atoms with E-state index < -0.39 is 12.0 Å². The van der Waals surface area contributed by atoms with Crippen LogP contribution < -0.4 is 10.9 Å². The van der Waals surface area contributed by atoms with E-state index in [9.17, 15) is 14.4 Å². The maximum atomic E-state index is 12.7. The number of esters is 1. The topological polar surface area (TPSA) is 93.2 Å². The molecule has 0 bridgehead atoms. The van der Waals surface area contributed by atoms with E-state index in [1.54, 1.807) is 32.0 Å². The van der Waals surface area contributed by atoms with Gasteiger partial charge in [0, 0.05) is 13.0 Å². The van der Waals surface area contributed by atoms with Crippen LogP contribution in [0.15, 0.2) is 59.4 Å². The highest BCUT2D eigenvalue weighted by Gasteiger charge is 2.20. The van der Waals surface area contributed by atoms with E-state index in [0.29, 0.717) is 10.9 Å². The van der Waals surface area contributed by atoms with Gasteiger partial charge in [0.1, 0.15) is 0 Å². The second-order valence-electron chi connectivity index (χ2n) is 7.46. The summed E-state index contributed by atoms with van der Waals surface area (Å²) in [5.41, 5.74) is 1.22. The molecule has 0 saturated carbocycles. The number of nitrogens with one attached hydrogen (secondary N) is 2. The first-order valence-corrected chi connectivity index (χ1v) is 10.5. The Morgan fingerprint density at radius 3 is 2.48 bits per heavy atom. The number of ether oxygens (including phenoxy) is 1. The standard InChI is InChI=1S/C23H25N3O4S/c1-15(2)30-21(28)14-19(16-8-4-3-5-9-16)24-20(27)12-13-26-22(29)17-10-6-7-11-18(17)25-23(26)31/h3-11,15,19H,12-14H2,1-2H3,(H,24,27)(H,25,31). The first-order valence-electron chi connectivity index (χ1n) is 10.1. The average Bonchev–Trinajstić information content (AvgIpc) is 2.73. The molecule has 7 nitrogen and oxygen atoms in total. The molecule has 1 amide bonds. The van der Waals surface area contributed by atoms with Gasteiger partial charge in [-0.05, 0) is 43.8 Å². The number of fused-ring (bicyclic) bond motifs is 1. The Labute approximate surface area is 185 Å². The lowest BCUT2D eigenvalue weighted by atomic mass is 10.0. The van der Waals surface area contributed by atoms with E-state index in [0.717, 1.165) is 5.56 Å². The van der Waals surface area contributed by atoms with Crippen LogP contribution in [0.4, 0.5) is 0 Å². The highest BCUT2D eigenvalue weighted by Crippen LogP contribution is 2.18. The molecule has 1 aromatic heterocycles. The van der Waals surface area contributed by atoms with Crippen LogP contribution in [0.2, 0.25) is 0 Å². The summed E-state index contributed by atoms with van der Waals surface area (Å²) in [7, 11) is 0. The van der Waals surface area contributed by atoms with Crippen molar-refractivity contribution >= 4 is 35.0 Å². The zero-order valence-corrected chi connectivity index (χ0v) is 18.3. The Morgan fingerprint density at radius 2 is 1.77 bits per heavy atom. The van der Waals surface area contributed by atoms with Gasteiger partial charge in [0.05, 0.1) is 29.5 Å². The quantitative estimate of drug-likeness (QED) is 0.413. The summed E-state index contributed by atoms with van der Waals surface area (Å²) in [4.78, 5) is 40.6. The van der Waals surface area contributed by atoms with Gasteiger partial charge in [-0.1, -0.05) is 42.5 Å². The van der Waals surface area contributed by atoms with Crippen molar-refractivity contribution in [2.75, 3.05) is 0 Å². The van der Waals surface area contributed by atoms with E-state index in [-0.39, 0.29) is 41.7 Å². The second kappa shape index (κ2) is 10.2. The largest absolute Gasteiger partial charge is 0.463 e. The third-order valence-electron chi connectivity index (χ3n) is 4.73. The minimum Gasteiger partial charge on any atom is -0.463 e. The Hall–Kier alpha value is -3.26. The SMILES string of the molecule is CC(C)OC(=O)CC(NC(=O)CCn1c(=S)[nH]c2ccccc2c1=O)c1ccccc1. The van der Waals surface area contributed by atoms with Crippen LogP contribution >= 0.6 is 12.2 Å². The van der Waals surface area contributed by atoms with E-state index in [1.165, 1.54) is 4.57 Å². The number of H-pyrrole nitrogens is 1. The molecule has 1 unspecified atom stereocenters. The molecule has 0 radical (unpaired) electrons. The van der Waals surface area contributed by atoms with Crippen molar-refractivity contribution < 1.29 is 14.3 Å². The van der Waals surface area contributed by atoms with Crippen LogP contribution in [0, 0.1) is 4.77 Å². The zero-order chi connectivity index (χ0) is 22.4. The van der Waals surface area contributed by atoms with Gasteiger partial charge in [-0.3, -0.25) is 19.0 Å². The summed E-state index contributed by atoms with van der Waals surface area (Å²) < 4.78 is 6.87. The molecule has 0 aliphatic carbocycles. The molecule has 162 valence electrons. The molecule has 1 heterocycles. The number of carbonyl (C=O) groups is 2. The number of para-hydroxylation sites is 1. The van der Waals surface area contributed by atoms with Crippen molar-refractivity contribution in [3.63, 3.8) is 0 Å². The molecule has 1 atom stereocenters. The summed E-state index contributed by atoms with van der Waals surface area (Å²) in [6.07, 6.45) is -0.177. The van der Waals surface area contributed by atoms with E-state index >= 15 is 0 Å². The number of hydrogen-bond donors (Lipinski definition) is 2. The van der Waals surface area contributed by atoms with Gasteiger partial charge in [0.15, 0.2) is 4.77 Å². The lowest BCUT2D eigenvalue weighted by Gasteiger charge is -2.19. The maximum Gasteiger partial charge on any atom is 0.308 e. The molecule has 0 fully saturated rings. The van der Waals surface area contributed by atoms with Gasteiger partial charge in [-0.2, -0.15) is 0 Å². The van der Waals surface area contributed by atoms with Crippen molar-refractivity contribution in [3.8, 4) is 0 Å². The Morgan fingerprint density at radius 1 is 1.10 bits per heavy atom. The maximum absolute atomic E-state index is 12.7. The van der Waals surface area contributed by atoms with Crippen LogP contribution in [0.3, 0.4) is 0 Å². The van der Waals surface area contributed by atoms with Crippen LogP contribution in [0.1, 0.15) is 38.3 Å². The summed E-state index contributed by atoms with van der Waals surface area (Å²) in [6.45, 7) is 3.68. The molecule has 3 rings (SSSR count). The number of benzene rings is 2. The van der Waals surface area contributed by atoms with Crippen LogP contribution in [-0.4, -0.2) is 27.5 Å². The van der Waals surface area contributed by atoms with Crippen molar-refractivity contribution in [2.24, 2.45) is 0 Å². The number of carbonyl (C=O) groups excluding carboxylic acids is 2. The molecule has 8 heteroatoms. The van der Waals surface area contributed by atoms with Crippen LogP contribution in [0.25, 0.3) is 10.9 Å². The smallest absolute Gasteiger partial charge is 0.308 e. The minimum absolute atomic E-state index is 0.0178. The number of aromatic amines is 1. The molecule has 0 aliphatic heterocycles. The fourth-order valence-electron chi connectivity index (χ4n) is 3.30. The van der Waals surface area contributed by atoms with Crippen LogP contribution in [-0.2, 0) is 20.9 Å². The number of amides is 1. The lowest BCUT2D eigenvalue weighted by Crippen LogP contribution is -2.32. The first-order chi connectivity index (χ1) is 14.8. The summed E-state index contributed by atoms with van der Waals surface area (Å²) in [6, 6.07) is 15.8. The fourth-order valence-corrected chi connectivity index (χ4v) is 3.58. The first kappa shape index (κ1) is 22.4. The average molecular weight is 440 g/mol. The lowest BCUT2D eigenvalue weighted by molar-refractivity contribution is -0.148. The Kier molecular flexibility index (Phi) is 7.36. The molecular formula is C23H25N3O4S.